The van der Waals surface area contributed by atoms with Crippen molar-refractivity contribution in [1.29, 1.82) is 0 Å². The zero-order chi connectivity index (χ0) is 42.6. The number of hydrogen-bond donors (Lipinski definition) is 0. The first-order chi connectivity index (χ1) is 32.2. The molecule has 0 aliphatic heterocycles. The second kappa shape index (κ2) is 14.0. The molecular weight excluding hydrogens is 783 g/mol. The Kier molecular flexibility index (Phi) is 7.75. The van der Waals surface area contributed by atoms with Crippen LogP contribution in [0, 0.1) is 0 Å². The Morgan fingerprint density at radius 1 is 0.231 bits per heavy atom. The molecular formula is C64H39N. The van der Waals surface area contributed by atoms with Crippen LogP contribution in [-0.2, 0) is 0 Å². The molecule has 65 heavy (non-hydrogen) atoms. The molecule has 0 atom stereocenters. The predicted octanol–water partition coefficient (Wildman–Crippen LogP) is 17.9. The minimum Gasteiger partial charge on any atom is -0.309 e. The molecule has 0 N–H and O–H groups in total. The monoisotopic (exact) mass is 821 g/mol. The van der Waals surface area contributed by atoms with E-state index in [0.29, 0.717) is 0 Å². The molecule has 13 aromatic carbocycles. The SMILES string of the molecule is c1ccc2cc(-c3c4ccccc4c(-c4ccc(-n5c6ccc7ccccc7c6c6c7ccccc7ccc65)cc4)c4ccc(-c5cccc6cc7ccccc7cc56)cc34)ccc2c1. The maximum atomic E-state index is 2.46. The largest absolute Gasteiger partial charge is 0.309 e. The van der Waals surface area contributed by atoms with Crippen LogP contribution in [-0.4, -0.2) is 4.57 Å². The molecule has 0 amide bonds. The summed E-state index contributed by atoms with van der Waals surface area (Å²) in [5.74, 6) is 0. The van der Waals surface area contributed by atoms with Crippen molar-refractivity contribution >= 4 is 97.2 Å². The molecule has 14 rings (SSSR count). The van der Waals surface area contributed by atoms with Gasteiger partial charge in [0.2, 0.25) is 0 Å². The van der Waals surface area contributed by atoms with E-state index in [4.69, 9.17) is 0 Å². The molecule has 1 nitrogen and oxygen atoms in total. The van der Waals surface area contributed by atoms with E-state index in [1.807, 2.05) is 0 Å². The minimum atomic E-state index is 1.14. The summed E-state index contributed by atoms with van der Waals surface area (Å²) in [5, 5.41) is 20.2. The third-order valence-corrected chi connectivity index (χ3v) is 14.1. The van der Waals surface area contributed by atoms with Crippen LogP contribution < -0.4 is 0 Å². The van der Waals surface area contributed by atoms with Gasteiger partial charge in [-0.2, -0.15) is 0 Å². The summed E-state index contributed by atoms with van der Waals surface area (Å²) in [5.41, 5.74) is 11.0. The van der Waals surface area contributed by atoms with Gasteiger partial charge in [0.1, 0.15) is 0 Å². The van der Waals surface area contributed by atoms with E-state index < -0.39 is 0 Å². The summed E-state index contributed by atoms with van der Waals surface area (Å²) in [6.45, 7) is 0. The number of benzene rings is 13. The molecule has 0 spiro atoms. The molecule has 1 heterocycles. The van der Waals surface area contributed by atoms with Crippen LogP contribution in [0.4, 0.5) is 0 Å². The Labute approximate surface area is 375 Å². The van der Waals surface area contributed by atoms with Crippen molar-refractivity contribution in [2.75, 3.05) is 0 Å². The highest BCUT2D eigenvalue weighted by molar-refractivity contribution is 6.29. The smallest absolute Gasteiger partial charge is 0.0547 e. The Morgan fingerprint density at radius 3 is 1.37 bits per heavy atom. The molecule has 1 aromatic heterocycles. The molecule has 0 aliphatic carbocycles. The molecule has 0 radical (unpaired) electrons. The highest BCUT2D eigenvalue weighted by Gasteiger charge is 2.21. The lowest BCUT2D eigenvalue weighted by atomic mass is 9.84. The number of hydrogen-bond acceptors (Lipinski definition) is 0. The van der Waals surface area contributed by atoms with Crippen LogP contribution in [0.15, 0.2) is 237 Å². The van der Waals surface area contributed by atoms with Gasteiger partial charge in [-0.15, -0.1) is 0 Å². The van der Waals surface area contributed by atoms with E-state index >= 15 is 0 Å². The third-order valence-electron chi connectivity index (χ3n) is 14.1. The molecule has 0 aliphatic rings. The summed E-state index contributed by atoms with van der Waals surface area (Å²) in [6.07, 6.45) is 0. The van der Waals surface area contributed by atoms with E-state index in [1.54, 1.807) is 0 Å². The summed E-state index contributed by atoms with van der Waals surface area (Å²) < 4.78 is 2.46. The van der Waals surface area contributed by atoms with Gasteiger partial charge in [-0.1, -0.05) is 188 Å². The summed E-state index contributed by atoms with van der Waals surface area (Å²) in [4.78, 5) is 0. The van der Waals surface area contributed by atoms with E-state index in [-0.39, 0.29) is 0 Å². The first kappa shape index (κ1) is 36.0. The number of rotatable bonds is 4. The van der Waals surface area contributed by atoms with Crippen molar-refractivity contribution < 1.29 is 0 Å². The Morgan fingerprint density at radius 2 is 0.708 bits per heavy atom. The quantitative estimate of drug-likeness (QED) is 0.156. The van der Waals surface area contributed by atoms with Crippen LogP contribution in [0.25, 0.3) is 136 Å². The molecule has 0 fully saturated rings. The van der Waals surface area contributed by atoms with Crippen LogP contribution >= 0.6 is 0 Å². The average molecular weight is 822 g/mol. The highest BCUT2D eigenvalue weighted by Crippen LogP contribution is 2.47. The molecule has 14 aromatic rings. The van der Waals surface area contributed by atoms with Crippen LogP contribution in [0.2, 0.25) is 0 Å². The lowest BCUT2D eigenvalue weighted by molar-refractivity contribution is 1.18. The van der Waals surface area contributed by atoms with Gasteiger partial charge >= 0.3 is 0 Å². The van der Waals surface area contributed by atoms with E-state index in [0.717, 1.165) is 5.69 Å². The molecule has 0 bridgehead atoms. The van der Waals surface area contributed by atoms with E-state index in [9.17, 15) is 0 Å². The lowest BCUT2D eigenvalue weighted by Gasteiger charge is -2.20. The van der Waals surface area contributed by atoms with Crippen molar-refractivity contribution in [2.24, 2.45) is 0 Å². The second-order valence-corrected chi connectivity index (χ2v) is 17.6. The molecule has 300 valence electrons. The first-order valence-corrected chi connectivity index (χ1v) is 22.6. The van der Waals surface area contributed by atoms with Crippen molar-refractivity contribution in [3.05, 3.63) is 237 Å². The highest BCUT2D eigenvalue weighted by atomic mass is 15.0. The fourth-order valence-corrected chi connectivity index (χ4v) is 11.1. The van der Waals surface area contributed by atoms with Gasteiger partial charge in [-0.05, 0) is 157 Å². The lowest BCUT2D eigenvalue weighted by Crippen LogP contribution is -1.95. The summed E-state index contributed by atoms with van der Waals surface area (Å²) >= 11 is 0. The summed E-state index contributed by atoms with van der Waals surface area (Å²) in [6, 6.07) is 88.1. The summed E-state index contributed by atoms with van der Waals surface area (Å²) in [7, 11) is 0. The minimum absolute atomic E-state index is 1.14. The number of aromatic nitrogens is 1. The molecule has 0 unspecified atom stereocenters. The first-order valence-electron chi connectivity index (χ1n) is 22.6. The fraction of sp³-hybridized carbons (Fsp3) is 0. The number of nitrogens with zero attached hydrogens (tertiary/aromatic N) is 1. The number of fused-ring (bicyclic) bond motifs is 12. The Hall–Kier alpha value is -8.52. The van der Waals surface area contributed by atoms with Gasteiger partial charge in [0.15, 0.2) is 0 Å². The fourth-order valence-electron chi connectivity index (χ4n) is 11.1. The normalized spacial score (nSPS) is 12.0. The van der Waals surface area contributed by atoms with Crippen LogP contribution in [0.5, 0.6) is 0 Å². The van der Waals surface area contributed by atoms with Crippen molar-refractivity contribution in [1.82, 2.24) is 4.57 Å². The zero-order valence-electron chi connectivity index (χ0n) is 35.5. The predicted molar refractivity (Wildman–Crippen MR) is 280 cm³/mol. The van der Waals surface area contributed by atoms with Gasteiger partial charge < -0.3 is 4.57 Å². The maximum Gasteiger partial charge on any atom is 0.0547 e. The van der Waals surface area contributed by atoms with Gasteiger partial charge in [-0.25, -0.2) is 0 Å². The van der Waals surface area contributed by atoms with E-state index in [2.05, 4.69) is 241 Å². The van der Waals surface area contributed by atoms with Crippen molar-refractivity contribution in [3.8, 4) is 39.1 Å². The van der Waals surface area contributed by atoms with Gasteiger partial charge in [0.05, 0.1) is 11.0 Å². The van der Waals surface area contributed by atoms with Crippen LogP contribution in [0.1, 0.15) is 0 Å². The Balaban J connectivity index is 1.02. The van der Waals surface area contributed by atoms with Crippen molar-refractivity contribution in [3.63, 3.8) is 0 Å². The molecule has 0 saturated carbocycles. The van der Waals surface area contributed by atoms with E-state index in [1.165, 1.54) is 131 Å². The maximum absolute atomic E-state index is 2.46. The van der Waals surface area contributed by atoms with Gasteiger partial charge in [0, 0.05) is 16.5 Å². The third kappa shape index (κ3) is 5.46. The molecule has 1 heteroatoms. The van der Waals surface area contributed by atoms with Gasteiger partial charge in [0.25, 0.3) is 0 Å². The standard InChI is InChI=1S/C64H39N/c1-2-15-44-37-49(25-24-40(44)12-1)62-55-22-10-9-21-54(55)61(56-33-28-48(39-58(56)62)51-23-11-18-47-36-45-16-3-4-17-46(45)38-57(47)51)43-26-31-50(32-27-43)65-59-34-29-41-13-5-7-19-52(41)63(59)64-53-20-8-6-14-42(53)30-35-60(64)65/h1-39H. The zero-order valence-corrected chi connectivity index (χ0v) is 35.5. The molecule has 0 saturated heterocycles. The Bertz CT molecular complexity index is 4190. The average Bonchev–Trinajstić information content (AvgIpc) is 3.72. The van der Waals surface area contributed by atoms with Gasteiger partial charge in [-0.3, -0.25) is 0 Å². The second-order valence-electron chi connectivity index (χ2n) is 17.6. The van der Waals surface area contributed by atoms with Crippen LogP contribution in [0.3, 0.4) is 0 Å². The van der Waals surface area contributed by atoms with Crippen molar-refractivity contribution in [2.45, 2.75) is 0 Å². The topological polar surface area (TPSA) is 4.93 Å².